The molecule has 0 saturated heterocycles. The van der Waals surface area contributed by atoms with Gasteiger partial charge in [-0.25, -0.2) is 0 Å². The number of ether oxygens (including phenoxy) is 1. The molecule has 2 atom stereocenters. The lowest BCUT2D eigenvalue weighted by atomic mass is 10.1. The lowest BCUT2D eigenvalue weighted by molar-refractivity contribution is 0.184. The zero-order chi connectivity index (χ0) is 14.0. The minimum absolute atomic E-state index is 0.101. The van der Waals surface area contributed by atoms with Crippen LogP contribution in [0.4, 0.5) is 0 Å². The Morgan fingerprint density at radius 2 is 1.89 bits per heavy atom. The number of hydrogen-bond donors (Lipinski definition) is 1. The first-order valence-electron chi connectivity index (χ1n) is 6.22. The van der Waals surface area contributed by atoms with Gasteiger partial charge in [0.15, 0.2) is 0 Å². The second-order valence-electron chi connectivity index (χ2n) is 4.79. The molecule has 0 fully saturated rings. The van der Waals surface area contributed by atoms with Crippen LogP contribution in [0.2, 0.25) is 4.34 Å². The third-order valence-corrected chi connectivity index (χ3v) is 4.39. The van der Waals surface area contributed by atoms with E-state index in [9.17, 15) is 0 Å². The van der Waals surface area contributed by atoms with Crippen molar-refractivity contribution in [2.75, 3.05) is 0 Å². The molecule has 2 unspecified atom stereocenters. The van der Waals surface area contributed by atoms with Crippen LogP contribution in [0, 0.1) is 13.8 Å². The Labute approximate surface area is 123 Å². The molecule has 0 amide bonds. The molecule has 0 aliphatic carbocycles. The Hall–Kier alpha value is -1.03. The van der Waals surface area contributed by atoms with Gasteiger partial charge in [0.2, 0.25) is 0 Å². The second kappa shape index (κ2) is 5.95. The van der Waals surface area contributed by atoms with Crippen molar-refractivity contribution >= 4 is 22.9 Å². The third kappa shape index (κ3) is 3.50. The van der Waals surface area contributed by atoms with E-state index in [1.54, 1.807) is 0 Å². The quantitative estimate of drug-likeness (QED) is 0.902. The average molecular weight is 296 g/mol. The summed E-state index contributed by atoms with van der Waals surface area (Å²) in [6.07, 6.45) is -0.167. The van der Waals surface area contributed by atoms with E-state index < -0.39 is 0 Å². The molecule has 2 aromatic rings. The van der Waals surface area contributed by atoms with Crippen molar-refractivity contribution in [2.45, 2.75) is 32.9 Å². The van der Waals surface area contributed by atoms with Crippen molar-refractivity contribution < 1.29 is 4.74 Å². The fourth-order valence-electron chi connectivity index (χ4n) is 1.84. The minimum atomic E-state index is -0.167. The van der Waals surface area contributed by atoms with E-state index >= 15 is 0 Å². The molecule has 0 spiro atoms. The first-order valence-corrected chi connectivity index (χ1v) is 7.41. The van der Waals surface area contributed by atoms with Crippen LogP contribution in [-0.2, 0) is 0 Å². The van der Waals surface area contributed by atoms with Crippen LogP contribution in [-0.4, -0.2) is 6.04 Å². The predicted octanol–water partition coefficient (Wildman–Crippen LogP) is 4.49. The Kier molecular flexibility index (Phi) is 4.50. The van der Waals surface area contributed by atoms with E-state index in [-0.39, 0.29) is 12.1 Å². The number of rotatable bonds is 4. The van der Waals surface area contributed by atoms with Gasteiger partial charge in [0.25, 0.3) is 0 Å². The largest absolute Gasteiger partial charge is 0.483 e. The molecule has 1 aromatic heterocycles. The van der Waals surface area contributed by atoms with Crippen LogP contribution < -0.4 is 10.5 Å². The number of aryl methyl sites for hydroxylation is 2. The fraction of sp³-hybridized carbons (Fsp3) is 0.333. The average Bonchev–Trinajstić information content (AvgIpc) is 2.76. The zero-order valence-electron chi connectivity index (χ0n) is 11.3. The molecular formula is C15H18ClNOS. The van der Waals surface area contributed by atoms with Gasteiger partial charge in [-0.3, -0.25) is 0 Å². The standard InChI is InChI=1S/C15H18ClNOS/c1-9-4-5-12(8-10(9)2)18-15(11(3)17)13-6-7-14(16)19-13/h4-8,11,15H,17H2,1-3H3. The summed E-state index contributed by atoms with van der Waals surface area (Å²) in [7, 11) is 0. The van der Waals surface area contributed by atoms with Crippen LogP contribution in [0.3, 0.4) is 0 Å². The van der Waals surface area contributed by atoms with Crippen LogP contribution >= 0.6 is 22.9 Å². The number of halogens is 1. The molecule has 0 saturated carbocycles. The minimum Gasteiger partial charge on any atom is -0.483 e. The summed E-state index contributed by atoms with van der Waals surface area (Å²) in [6, 6.07) is 9.83. The normalized spacial score (nSPS) is 14.2. The van der Waals surface area contributed by atoms with Crippen LogP contribution in [0.5, 0.6) is 5.75 Å². The summed E-state index contributed by atoms with van der Waals surface area (Å²) < 4.78 is 6.79. The Bertz CT molecular complexity index is 565. The first-order chi connectivity index (χ1) is 8.97. The topological polar surface area (TPSA) is 35.2 Å². The molecule has 2 nitrogen and oxygen atoms in total. The number of benzene rings is 1. The summed E-state index contributed by atoms with van der Waals surface area (Å²) in [5.41, 5.74) is 8.50. The lowest BCUT2D eigenvalue weighted by Gasteiger charge is -2.21. The van der Waals surface area contributed by atoms with E-state index in [0.29, 0.717) is 0 Å². The Balaban J connectivity index is 2.23. The third-order valence-electron chi connectivity index (χ3n) is 3.09. The monoisotopic (exact) mass is 295 g/mol. The van der Waals surface area contributed by atoms with Crippen molar-refractivity contribution in [2.24, 2.45) is 5.73 Å². The van der Waals surface area contributed by atoms with Crippen LogP contribution in [0.25, 0.3) is 0 Å². The maximum atomic E-state index is 6.04. The lowest BCUT2D eigenvalue weighted by Crippen LogP contribution is -2.28. The molecule has 2 N–H and O–H groups in total. The maximum absolute atomic E-state index is 6.04. The van der Waals surface area contributed by atoms with Gasteiger partial charge < -0.3 is 10.5 Å². The van der Waals surface area contributed by atoms with Gasteiger partial charge in [-0.05, 0) is 56.2 Å². The molecule has 2 rings (SSSR count). The maximum Gasteiger partial charge on any atom is 0.148 e. The summed E-state index contributed by atoms with van der Waals surface area (Å²) in [5.74, 6) is 0.843. The second-order valence-corrected chi connectivity index (χ2v) is 6.53. The van der Waals surface area contributed by atoms with Gasteiger partial charge in [-0.2, -0.15) is 0 Å². The first kappa shape index (κ1) is 14.4. The van der Waals surface area contributed by atoms with Gasteiger partial charge in [0.1, 0.15) is 11.9 Å². The Morgan fingerprint density at radius 3 is 2.42 bits per heavy atom. The number of hydrogen-bond acceptors (Lipinski definition) is 3. The summed E-state index contributed by atoms with van der Waals surface area (Å²) in [4.78, 5) is 1.05. The molecule has 0 bridgehead atoms. The van der Waals surface area contributed by atoms with E-state index in [2.05, 4.69) is 19.9 Å². The van der Waals surface area contributed by atoms with Crippen molar-refractivity contribution in [3.63, 3.8) is 0 Å². The Morgan fingerprint density at radius 1 is 1.16 bits per heavy atom. The van der Waals surface area contributed by atoms with Gasteiger partial charge in [-0.15, -0.1) is 11.3 Å². The van der Waals surface area contributed by atoms with Crippen LogP contribution in [0.15, 0.2) is 30.3 Å². The highest BCUT2D eigenvalue weighted by Gasteiger charge is 2.20. The van der Waals surface area contributed by atoms with Crippen molar-refractivity contribution in [3.05, 3.63) is 50.7 Å². The molecular weight excluding hydrogens is 278 g/mol. The smallest absolute Gasteiger partial charge is 0.148 e. The molecule has 19 heavy (non-hydrogen) atoms. The van der Waals surface area contributed by atoms with Crippen molar-refractivity contribution in [1.29, 1.82) is 0 Å². The van der Waals surface area contributed by atoms with E-state index in [1.807, 2.05) is 31.2 Å². The van der Waals surface area contributed by atoms with Gasteiger partial charge in [0, 0.05) is 10.9 Å². The van der Waals surface area contributed by atoms with E-state index in [4.69, 9.17) is 22.1 Å². The fourth-order valence-corrected chi connectivity index (χ4v) is 3.05. The highest BCUT2D eigenvalue weighted by atomic mass is 35.5. The van der Waals surface area contributed by atoms with E-state index in [1.165, 1.54) is 22.5 Å². The van der Waals surface area contributed by atoms with E-state index in [0.717, 1.165) is 15.0 Å². The highest BCUT2D eigenvalue weighted by molar-refractivity contribution is 7.16. The number of nitrogens with two attached hydrogens (primary N) is 1. The molecule has 0 aliphatic rings. The van der Waals surface area contributed by atoms with Gasteiger partial charge in [-0.1, -0.05) is 17.7 Å². The molecule has 102 valence electrons. The molecule has 0 aliphatic heterocycles. The molecule has 4 heteroatoms. The molecule has 1 aromatic carbocycles. The van der Waals surface area contributed by atoms with Crippen molar-refractivity contribution in [1.82, 2.24) is 0 Å². The van der Waals surface area contributed by atoms with Gasteiger partial charge >= 0.3 is 0 Å². The SMILES string of the molecule is Cc1ccc(OC(c2ccc(Cl)s2)C(C)N)cc1C. The predicted molar refractivity (Wildman–Crippen MR) is 82.3 cm³/mol. The summed E-state index contributed by atoms with van der Waals surface area (Å²) in [6.45, 7) is 6.10. The summed E-state index contributed by atoms with van der Waals surface area (Å²) in [5, 5.41) is 0. The van der Waals surface area contributed by atoms with Gasteiger partial charge in [0.05, 0.1) is 4.34 Å². The zero-order valence-corrected chi connectivity index (χ0v) is 12.9. The molecule has 0 radical (unpaired) electrons. The highest BCUT2D eigenvalue weighted by Crippen LogP contribution is 2.32. The summed E-state index contributed by atoms with van der Waals surface area (Å²) >= 11 is 7.49. The molecule has 1 heterocycles. The van der Waals surface area contributed by atoms with Crippen molar-refractivity contribution in [3.8, 4) is 5.75 Å². The number of thiophene rings is 1. The van der Waals surface area contributed by atoms with Crippen LogP contribution in [0.1, 0.15) is 29.0 Å².